The molecule has 5 aromatic rings. The lowest BCUT2D eigenvalue weighted by atomic mass is 9.91. The number of para-hydroxylation sites is 1. The molecule has 0 bridgehead atoms. The first-order valence-corrected chi connectivity index (χ1v) is 10.6. The second-order valence-electron chi connectivity index (χ2n) is 8.27. The number of pyridine rings is 1. The maximum absolute atomic E-state index is 6.37. The summed E-state index contributed by atoms with van der Waals surface area (Å²) in [5, 5.41) is 2.38. The highest BCUT2D eigenvalue weighted by atomic mass is 16.3. The summed E-state index contributed by atoms with van der Waals surface area (Å²) in [5.74, 6) is 0.717. The van der Waals surface area contributed by atoms with Crippen LogP contribution in [0.15, 0.2) is 89.5 Å². The number of fused-ring (bicyclic) bond motifs is 3. The Morgan fingerprint density at radius 2 is 1.53 bits per heavy atom. The van der Waals surface area contributed by atoms with Crippen LogP contribution in [0.2, 0.25) is 0 Å². The Labute approximate surface area is 177 Å². The summed E-state index contributed by atoms with van der Waals surface area (Å²) in [6, 6.07) is 27.6. The smallest absolute Gasteiger partial charge is 0.145 e. The molecule has 148 valence electrons. The molecule has 0 aliphatic heterocycles. The van der Waals surface area contributed by atoms with E-state index in [4.69, 9.17) is 9.40 Å². The van der Waals surface area contributed by atoms with Crippen molar-refractivity contribution in [3.05, 3.63) is 102 Å². The molecule has 5 rings (SSSR count). The van der Waals surface area contributed by atoms with Crippen LogP contribution in [0.5, 0.6) is 0 Å². The molecule has 0 amide bonds. The van der Waals surface area contributed by atoms with Gasteiger partial charge < -0.3 is 4.42 Å². The van der Waals surface area contributed by atoms with Crippen LogP contribution in [-0.4, -0.2) is 4.98 Å². The van der Waals surface area contributed by atoms with Crippen molar-refractivity contribution >= 4 is 21.9 Å². The monoisotopic (exact) mass is 391 g/mol. The highest BCUT2D eigenvalue weighted by Gasteiger charge is 2.18. The van der Waals surface area contributed by atoms with Crippen LogP contribution in [0.3, 0.4) is 0 Å². The fourth-order valence-corrected chi connectivity index (χ4v) is 4.33. The van der Waals surface area contributed by atoms with Crippen molar-refractivity contribution in [1.82, 2.24) is 4.98 Å². The summed E-state index contributed by atoms with van der Waals surface area (Å²) in [4.78, 5) is 4.72. The molecule has 30 heavy (non-hydrogen) atoms. The van der Waals surface area contributed by atoms with Gasteiger partial charge in [0, 0.05) is 28.5 Å². The maximum atomic E-state index is 6.37. The number of aromatic nitrogens is 1. The number of rotatable bonds is 4. The third-order valence-electron chi connectivity index (χ3n) is 6.04. The molecule has 2 heteroatoms. The zero-order chi connectivity index (χ0) is 20.7. The molecular formula is C28H25NO. The van der Waals surface area contributed by atoms with E-state index in [1.54, 1.807) is 0 Å². The predicted molar refractivity (Wildman–Crippen MR) is 125 cm³/mol. The first-order valence-electron chi connectivity index (χ1n) is 10.6. The van der Waals surface area contributed by atoms with Gasteiger partial charge in [0.15, 0.2) is 0 Å². The van der Waals surface area contributed by atoms with Gasteiger partial charge in [-0.05, 0) is 46.9 Å². The van der Waals surface area contributed by atoms with Crippen LogP contribution >= 0.6 is 0 Å². The average molecular weight is 392 g/mol. The maximum Gasteiger partial charge on any atom is 0.145 e. The van der Waals surface area contributed by atoms with Crippen molar-refractivity contribution in [3.63, 3.8) is 0 Å². The molecule has 1 atom stereocenters. The second kappa shape index (κ2) is 7.46. The minimum atomic E-state index is 0.300. The third kappa shape index (κ3) is 3.09. The van der Waals surface area contributed by atoms with E-state index in [1.165, 1.54) is 27.5 Å². The summed E-state index contributed by atoms with van der Waals surface area (Å²) < 4.78 is 6.37. The molecule has 0 radical (unpaired) electrons. The lowest BCUT2D eigenvalue weighted by Crippen LogP contribution is -1.97. The van der Waals surface area contributed by atoms with Crippen molar-refractivity contribution in [1.29, 1.82) is 0 Å². The van der Waals surface area contributed by atoms with Crippen LogP contribution in [0.25, 0.3) is 33.2 Å². The second-order valence-corrected chi connectivity index (χ2v) is 8.27. The average Bonchev–Trinajstić information content (AvgIpc) is 3.18. The van der Waals surface area contributed by atoms with Gasteiger partial charge >= 0.3 is 0 Å². The molecule has 0 spiro atoms. The Kier molecular flexibility index (Phi) is 4.63. The highest BCUT2D eigenvalue weighted by Crippen LogP contribution is 2.40. The van der Waals surface area contributed by atoms with Gasteiger partial charge in [-0.3, -0.25) is 4.98 Å². The van der Waals surface area contributed by atoms with E-state index in [2.05, 4.69) is 87.5 Å². The van der Waals surface area contributed by atoms with Crippen LogP contribution in [0.1, 0.15) is 49.3 Å². The molecule has 0 N–H and O–H groups in total. The molecule has 2 nitrogen and oxygen atoms in total. The summed E-state index contributed by atoms with van der Waals surface area (Å²) >= 11 is 0. The van der Waals surface area contributed by atoms with Gasteiger partial charge in [-0.2, -0.15) is 0 Å². The van der Waals surface area contributed by atoms with Crippen molar-refractivity contribution < 1.29 is 4.42 Å². The van der Waals surface area contributed by atoms with Gasteiger partial charge in [0.2, 0.25) is 0 Å². The molecule has 0 aliphatic carbocycles. The first kappa shape index (κ1) is 18.6. The van der Waals surface area contributed by atoms with E-state index in [-0.39, 0.29) is 0 Å². The van der Waals surface area contributed by atoms with Crippen molar-refractivity contribution in [2.45, 2.75) is 32.6 Å². The Balaban J connectivity index is 1.70. The Bertz CT molecular complexity index is 1330. The van der Waals surface area contributed by atoms with Crippen LogP contribution in [-0.2, 0) is 0 Å². The number of hydrogen-bond donors (Lipinski definition) is 0. The van der Waals surface area contributed by atoms with Gasteiger partial charge in [0.25, 0.3) is 0 Å². The molecule has 0 saturated heterocycles. The Morgan fingerprint density at radius 1 is 0.767 bits per heavy atom. The van der Waals surface area contributed by atoms with Gasteiger partial charge in [0.1, 0.15) is 11.2 Å². The first-order chi connectivity index (χ1) is 14.6. The number of hydrogen-bond acceptors (Lipinski definition) is 2. The third-order valence-corrected chi connectivity index (χ3v) is 6.04. The molecule has 0 saturated carbocycles. The Morgan fingerprint density at radius 3 is 2.33 bits per heavy atom. The summed E-state index contributed by atoms with van der Waals surface area (Å²) in [6.07, 6.45) is 1.91. The van der Waals surface area contributed by atoms with Gasteiger partial charge in [-0.1, -0.05) is 75.4 Å². The fraction of sp³-hybridized carbons (Fsp3) is 0.179. The van der Waals surface area contributed by atoms with E-state index < -0.39 is 0 Å². The lowest BCUT2D eigenvalue weighted by molar-refractivity contribution is 0.669. The van der Waals surface area contributed by atoms with E-state index in [1.807, 2.05) is 18.3 Å². The van der Waals surface area contributed by atoms with Gasteiger partial charge in [-0.25, -0.2) is 0 Å². The number of benzene rings is 3. The molecule has 2 heterocycles. The van der Waals surface area contributed by atoms with Crippen LogP contribution in [0, 0.1) is 0 Å². The summed E-state index contributed by atoms with van der Waals surface area (Å²) in [5.41, 5.74) is 7.73. The van der Waals surface area contributed by atoms with Crippen LogP contribution < -0.4 is 0 Å². The van der Waals surface area contributed by atoms with E-state index >= 15 is 0 Å². The quantitative estimate of drug-likeness (QED) is 0.311. The molecule has 0 aliphatic rings. The van der Waals surface area contributed by atoms with Crippen molar-refractivity contribution in [3.8, 4) is 11.3 Å². The number of nitrogens with zero attached hydrogens (tertiary/aromatic N) is 1. The van der Waals surface area contributed by atoms with Gasteiger partial charge in [-0.15, -0.1) is 0 Å². The van der Waals surface area contributed by atoms with Crippen molar-refractivity contribution in [2.24, 2.45) is 0 Å². The zero-order valence-electron chi connectivity index (χ0n) is 17.6. The zero-order valence-corrected chi connectivity index (χ0v) is 17.6. The molecule has 3 aromatic carbocycles. The molecule has 0 fully saturated rings. The normalized spacial score (nSPS) is 12.7. The minimum absolute atomic E-state index is 0.300. The predicted octanol–water partition coefficient (Wildman–Crippen LogP) is 7.92. The SMILES string of the molecule is CC(C)c1ccc(-c2cc(C(C)c3ccccc3)ccn2)c2oc3ccccc3c12. The molecular weight excluding hydrogens is 366 g/mol. The number of furan rings is 1. The van der Waals surface area contributed by atoms with Gasteiger partial charge in [0.05, 0.1) is 5.69 Å². The van der Waals surface area contributed by atoms with E-state index in [0.29, 0.717) is 11.8 Å². The minimum Gasteiger partial charge on any atom is -0.455 e. The van der Waals surface area contributed by atoms with Crippen LogP contribution in [0.4, 0.5) is 0 Å². The largest absolute Gasteiger partial charge is 0.455 e. The Hall–Kier alpha value is -3.39. The lowest BCUT2D eigenvalue weighted by Gasteiger charge is -2.14. The fourth-order valence-electron chi connectivity index (χ4n) is 4.33. The summed E-state index contributed by atoms with van der Waals surface area (Å²) in [7, 11) is 0. The molecule has 1 unspecified atom stereocenters. The topological polar surface area (TPSA) is 26.0 Å². The highest BCUT2D eigenvalue weighted by molar-refractivity contribution is 6.11. The molecule has 2 aromatic heterocycles. The summed E-state index contributed by atoms with van der Waals surface area (Å²) in [6.45, 7) is 6.71. The van der Waals surface area contributed by atoms with Crippen molar-refractivity contribution in [2.75, 3.05) is 0 Å². The van der Waals surface area contributed by atoms with E-state index in [9.17, 15) is 0 Å². The standard InChI is InChI=1S/C28H25NO/c1-18(2)22-13-14-23(28-27(22)24-11-7-8-12-26(24)30-28)25-17-21(15-16-29-25)19(3)20-9-5-4-6-10-20/h4-19H,1-3H3. The van der Waals surface area contributed by atoms with E-state index in [0.717, 1.165) is 22.4 Å².